The van der Waals surface area contributed by atoms with Gasteiger partial charge >= 0.3 is 5.97 Å². The van der Waals surface area contributed by atoms with Crippen molar-refractivity contribution in [3.05, 3.63) is 23.2 Å². The number of ether oxygens (including phenoxy) is 1. The normalized spacial score (nSPS) is 11.2. The van der Waals surface area contributed by atoms with E-state index in [2.05, 4.69) is 4.98 Å². The van der Waals surface area contributed by atoms with Gasteiger partial charge in [0.1, 0.15) is 6.54 Å². The van der Waals surface area contributed by atoms with Crippen LogP contribution in [0.15, 0.2) is 18.2 Å². The van der Waals surface area contributed by atoms with Crippen molar-refractivity contribution >= 4 is 34.6 Å². The van der Waals surface area contributed by atoms with Gasteiger partial charge in [-0.2, -0.15) is 0 Å². The molecule has 2 rings (SSSR count). The Hall–Kier alpha value is -1.75. The number of rotatable bonds is 4. The maximum absolute atomic E-state index is 11.7. The summed E-state index contributed by atoms with van der Waals surface area (Å²) in [6, 6.07) is 5.24. The van der Waals surface area contributed by atoms with Crippen LogP contribution in [0, 0.1) is 5.92 Å². The fraction of sp³-hybridized carbons (Fsp3) is 0.385. The van der Waals surface area contributed by atoms with E-state index in [1.807, 2.05) is 13.8 Å². The van der Waals surface area contributed by atoms with Gasteiger partial charge in [-0.1, -0.05) is 25.4 Å². The van der Waals surface area contributed by atoms with Crippen LogP contribution < -0.4 is 5.73 Å². The Balaban J connectivity index is 2.20. The molecule has 0 radical (unpaired) electrons. The van der Waals surface area contributed by atoms with Gasteiger partial charge in [0.05, 0.1) is 17.6 Å². The second-order valence-electron chi connectivity index (χ2n) is 4.77. The molecule has 0 atom stereocenters. The number of hydrogen-bond donors (Lipinski definition) is 1. The van der Waals surface area contributed by atoms with Crippen LogP contribution in [0.4, 0.5) is 5.95 Å². The van der Waals surface area contributed by atoms with E-state index >= 15 is 0 Å². The average Bonchev–Trinajstić information content (AvgIpc) is 2.62. The molecule has 1 aromatic carbocycles. The molecule has 0 aliphatic carbocycles. The minimum atomic E-state index is -0.324. The molecule has 1 aromatic heterocycles. The molecule has 0 unspecified atom stereocenters. The first-order valence-electron chi connectivity index (χ1n) is 6.04. The maximum Gasteiger partial charge on any atom is 0.326 e. The van der Waals surface area contributed by atoms with Crippen LogP contribution in [0.25, 0.3) is 11.0 Å². The number of imidazole rings is 1. The Morgan fingerprint density at radius 2 is 2.26 bits per heavy atom. The fourth-order valence-corrected chi connectivity index (χ4v) is 1.89. The Morgan fingerprint density at radius 1 is 1.53 bits per heavy atom. The molecule has 0 spiro atoms. The van der Waals surface area contributed by atoms with Gasteiger partial charge in [-0.15, -0.1) is 0 Å². The van der Waals surface area contributed by atoms with E-state index in [4.69, 9.17) is 22.1 Å². The van der Waals surface area contributed by atoms with E-state index in [1.54, 1.807) is 22.8 Å². The third kappa shape index (κ3) is 3.17. The molecule has 0 amide bonds. The Labute approximate surface area is 116 Å². The Bertz CT molecular complexity index is 607. The van der Waals surface area contributed by atoms with E-state index in [0.29, 0.717) is 23.1 Å². The number of carbonyl (C=O) groups excluding carboxylic acids is 1. The van der Waals surface area contributed by atoms with E-state index < -0.39 is 0 Å². The molecule has 102 valence electrons. The Kier molecular flexibility index (Phi) is 3.95. The zero-order chi connectivity index (χ0) is 14.0. The summed E-state index contributed by atoms with van der Waals surface area (Å²) < 4.78 is 6.75. The summed E-state index contributed by atoms with van der Waals surface area (Å²) in [6.07, 6.45) is 0. The zero-order valence-electron chi connectivity index (χ0n) is 10.9. The van der Waals surface area contributed by atoms with Gasteiger partial charge in [0.2, 0.25) is 5.95 Å². The summed E-state index contributed by atoms with van der Waals surface area (Å²) in [5, 5.41) is 0.583. The number of nitrogens with zero attached hydrogens (tertiary/aromatic N) is 2. The summed E-state index contributed by atoms with van der Waals surface area (Å²) in [5.41, 5.74) is 7.24. The molecule has 0 aliphatic rings. The first kappa shape index (κ1) is 13.7. The number of nitrogen functional groups attached to an aromatic ring is 1. The minimum Gasteiger partial charge on any atom is -0.464 e. The quantitative estimate of drug-likeness (QED) is 0.874. The van der Waals surface area contributed by atoms with E-state index in [-0.39, 0.29) is 18.5 Å². The third-order valence-electron chi connectivity index (χ3n) is 2.60. The molecular weight excluding hydrogens is 266 g/mol. The number of esters is 1. The molecule has 19 heavy (non-hydrogen) atoms. The molecule has 0 bridgehead atoms. The van der Waals surface area contributed by atoms with E-state index in [9.17, 15) is 4.79 Å². The second kappa shape index (κ2) is 5.48. The predicted molar refractivity (Wildman–Crippen MR) is 75.0 cm³/mol. The molecule has 0 aliphatic heterocycles. The number of aromatic nitrogens is 2. The number of carbonyl (C=O) groups is 1. The van der Waals surface area contributed by atoms with Crippen molar-refractivity contribution in [3.63, 3.8) is 0 Å². The maximum atomic E-state index is 11.7. The first-order valence-corrected chi connectivity index (χ1v) is 6.42. The summed E-state index contributed by atoms with van der Waals surface area (Å²) in [7, 11) is 0. The standard InChI is InChI=1S/C13H16ClN3O2/c1-8(2)7-19-12(18)6-17-11-4-3-9(14)5-10(11)16-13(17)15/h3-5,8H,6-7H2,1-2H3,(H2,15,16). The highest BCUT2D eigenvalue weighted by atomic mass is 35.5. The van der Waals surface area contributed by atoms with Gasteiger partial charge in [-0.05, 0) is 24.1 Å². The lowest BCUT2D eigenvalue weighted by atomic mass is 10.2. The largest absolute Gasteiger partial charge is 0.464 e. The van der Waals surface area contributed by atoms with Crippen LogP contribution in [0.1, 0.15) is 13.8 Å². The average molecular weight is 282 g/mol. The van der Waals surface area contributed by atoms with Crippen molar-refractivity contribution in [3.8, 4) is 0 Å². The van der Waals surface area contributed by atoms with Gasteiger partial charge in [0.15, 0.2) is 0 Å². The molecule has 0 saturated heterocycles. The van der Waals surface area contributed by atoms with Crippen molar-refractivity contribution in [2.24, 2.45) is 5.92 Å². The highest BCUT2D eigenvalue weighted by Crippen LogP contribution is 2.21. The number of hydrogen-bond acceptors (Lipinski definition) is 4. The highest BCUT2D eigenvalue weighted by molar-refractivity contribution is 6.31. The number of halogens is 1. The lowest BCUT2D eigenvalue weighted by Crippen LogP contribution is -2.17. The summed E-state index contributed by atoms with van der Waals surface area (Å²) in [4.78, 5) is 15.9. The van der Waals surface area contributed by atoms with Crippen molar-refractivity contribution in [1.29, 1.82) is 0 Å². The SMILES string of the molecule is CC(C)COC(=O)Cn1c(N)nc2cc(Cl)ccc21. The number of benzene rings is 1. The fourth-order valence-electron chi connectivity index (χ4n) is 1.72. The molecule has 5 nitrogen and oxygen atoms in total. The van der Waals surface area contributed by atoms with Crippen LogP contribution in [0.2, 0.25) is 5.02 Å². The van der Waals surface area contributed by atoms with E-state index in [1.165, 1.54) is 0 Å². The zero-order valence-corrected chi connectivity index (χ0v) is 11.6. The molecule has 0 fully saturated rings. The summed E-state index contributed by atoms with van der Waals surface area (Å²) in [5.74, 6) is 0.257. The van der Waals surface area contributed by atoms with Crippen LogP contribution >= 0.6 is 11.6 Å². The van der Waals surface area contributed by atoms with Gasteiger partial charge in [0.25, 0.3) is 0 Å². The molecule has 2 aromatic rings. The molecule has 0 saturated carbocycles. The van der Waals surface area contributed by atoms with Crippen LogP contribution in [0.5, 0.6) is 0 Å². The molecule has 1 heterocycles. The number of anilines is 1. The van der Waals surface area contributed by atoms with Crippen molar-refractivity contribution in [1.82, 2.24) is 9.55 Å². The second-order valence-corrected chi connectivity index (χ2v) is 5.20. The molecule has 2 N–H and O–H groups in total. The van der Waals surface area contributed by atoms with Crippen molar-refractivity contribution in [2.75, 3.05) is 12.3 Å². The van der Waals surface area contributed by atoms with E-state index in [0.717, 1.165) is 5.52 Å². The van der Waals surface area contributed by atoms with Gasteiger partial charge in [-0.3, -0.25) is 9.36 Å². The Morgan fingerprint density at radius 3 is 2.95 bits per heavy atom. The predicted octanol–water partition coefficient (Wildman–Crippen LogP) is 2.47. The van der Waals surface area contributed by atoms with Crippen molar-refractivity contribution in [2.45, 2.75) is 20.4 Å². The highest BCUT2D eigenvalue weighted by Gasteiger charge is 2.13. The smallest absolute Gasteiger partial charge is 0.326 e. The summed E-state index contributed by atoms with van der Waals surface area (Å²) >= 11 is 5.89. The molecule has 6 heteroatoms. The minimum absolute atomic E-state index is 0.0523. The topological polar surface area (TPSA) is 70.1 Å². The third-order valence-corrected chi connectivity index (χ3v) is 2.84. The van der Waals surface area contributed by atoms with Gasteiger partial charge in [-0.25, -0.2) is 4.98 Å². The lowest BCUT2D eigenvalue weighted by Gasteiger charge is -2.09. The van der Waals surface area contributed by atoms with Crippen LogP contribution in [-0.2, 0) is 16.1 Å². The van der Waals surface area contributed by atoms with Crippen molar-refractivity contribution < 1.29 is 9.53 Å². The number of fused-ring (bicyclic) bond motifs is 1. The van der Waals surface area contributed by atoms with Crippen LogP contribution in [-0.4, -0.2) is 22.1 Å². The van der Waals surface area contributed by atoms with Gasteiger partial charge < -0.3 is 10.5 Å². The first-order chi connectivity index (χ1) is 8.97. The lowest BCUT2D eigenvalue weighted by molar-refractivity contribution is -0.145. The monoisotopic (exact) mass is 281 g/mol. The van der Waals surface area contributed by atoms with Gasteiger partial charge in [0, 0.05) is 5.02 Å². The summed E-state index contributed by atoms with van der Waals surface area (Å²) in [6.45, 7) is 4.42. The van der Waals surface area contributed by atoms with Crippen LogP contribution in [0.3, 0.4) is 0 Å². The number of nitrogens with two attached hydrogens (primary N) is 1. The molecular formula is C13H16ClN3O2.